The van der Waals surface area contributed by atoms with Crippen molar-refractivity contribution in [1.29, 1.82) is 0 Å². The highest BCUT2D eigenvalue weighted by Crippen LogP contribution is 2.22. The number of benzene rings is 1. The number of hydrogen-bond acceptors (Lipinski definition) is 2. The number of aliphatic hydroxyl groups excluding tert-OH is 1. The number of hydrogen-bond donors (Lipinski definition) is 1. The molecule has 1 N–H and O–H groups in total. The zero-order valence-electron chi connectivity index (χ0n) is 9.62. The molecule has 1 amide bonds. The van der Waals surface area contributed by atoms with Gasteiger partial charge in [0.2, 0.25) is 0 Å². The molecular weight excluding hydrogens is 305 g/mol. The van der Waals surface area contributed by atoms with E-state index >= 15 is 0 Å². The van der Waals surface area contributed by atoms with E-state index in [0.29, 0.717) is 30.1 Å². The van der Waals surface area contributed by atoms with Gasteiger partial charge >= 0.3 is 0 Å². The molecule has 0 unspecified atom stereocenters. The van der Waals surface area contributed by atoms with Crippen molar-refractivity contribution in [2.45, 2.75) is 13.3 Å². The monoisotopic (exact) mass is 319 g/mol. The van der Waals surface area contributed by atoms with Gasteiger partial charge in [0.25, 0.3) is 5.91 Å². The Bertz CT molecular complexity index is 398. The molecule has 0 fully saturated rings. The molecule has 1 aromatic carbocycles. The van der Waals surface area contributed by atoms with Gasteiger partial charge in [-0.2, -0.15) is 0 Å². The molecule has 0 saturated carbocycles. The van der Waals surface area contributed by atoms with Crippen molar-refractivity contribution in [3.63, 3.8) is 0 Å². The van der Waals surface area contributed by atoms with E-state index in [1.807, 2.05) is 6.92 Å². The van der Waals surface area contributed by atoms with Gasteiger partial charge in [-0.25, -0.2) is 0 Å². The number of rotatable bonds is 5. The number of carbonyl (C=O) groups excluding carboxylic acids is 1. The highest BCUT2D eigenvalue weighted by molar-refractivity contribution is 9.10. The molecule has 5 heteroatoms. The van der Waals surface area contributed by atoms with Gasteiger partial charge < -0.3 is 10.0 Å². The van der Waals surface area contributed by atoms with Crippen LogP contribution in [0.4, 0.5) is 0 Å². The van der Waals surface area contributed by atoms with Crippen molar-refractivity contribution >= 4 is 33.4 Å². The van der Waals surface area contributed by atoms with E-state index in [2.05, 4.69) is 15.9 Å². The van der Waals surface area contributed by atoms with Gasteiger partial charge in [0, 0.05) is 24.2 Å². The van der Waals surface area contributed by atoms with E-state index in [-0.39, 0.29) is 12.5 Å². The first-order chi connectivity index (χ1) is 8.10. The Morgan fingerprint density at radius 1 is 1.53 bits per heavy atom. The fourth-order valence-electron chi connectivity index (χ4n) is 1.50. The molecule has 0 aromatic heterocycles. The van der Waals surface area contributed by atoms with E-state index in [1.165, 1.54) is 0 Å². The van der Waals surface area contributed by atoms with Crippen LogP contribution < -0.4 is 0 Å². The highest BCUT2D eigenvalue weighted by atomic mass is 79.9. The lowest BCUT2D eigenvalue weighted by molar-refractivity contribution is 0.0754. The number of aliphatic hydroxyl groups is 1. The van der Waals surface area contributed by atoms with Crippen molar-refractivity contribution in [3.05, 3.63) is 33.3 Å². The van der Waals surface area contributed by atoms with Crippen LogP contribution in [0, 0.1) is 0 Å². The minimum Gasteiger partial charge on any atom is -0.396 e. The maximum Gasteiger partial charge on any atom is 0.255 e. The molecule has 0 aliphatic rings. The zero-order chi connectivity index (χ0) is 12.8. The third-order valence-corrected chi connectivity index (χ3v) is 3.24. The second-order valence-corrected chi connectivity index (χ2v) is 4.91. The van der Waals surface area contributed by atoms with E-state index in [1.54, 1.807) is 23.1 Å². The predicted octanol–water partition coefficient (Wildman–Crippen LogP) is 2.95. The lowest BCUT2D eigenvalue weighted by atomic mass is 10.2. The van der Waals surface area contributed by atoms with Gasteiger partial charge in [0.1, 0.15) is 0 Å². The average Bonchev–Trinajstić information content (AvgIpc) is 2.33. The summed E-state index contributed by atoms with van der Waals surface area (Å²) in [6.45, 7) is 3.12. The first-order valence-corrected chi connectivity index (χ1v) is 6.62. The van der Waals surface area contributed by atoms with Crippen LogP contribution in [-0.2, 0) is 0 Å². The molecule has 0 bridgehead atoms. The molecule has 0 spiro atoms. The van der Waals surface area contributed by atoms with Gasteiger partial charge in [-0.1, -0.05) is 27.5 Å². The fraction of sp³-hybridized carbons (Fsp3) is 0.417. The van der Waals surface area contributed by atoms with Crippen LogP contribution in [0.1, 0.15) is 23.7 Å². The molecule has 0 atom stereocenters. The number of halogens is 2. The molecular formula is C12H15BrClNO2. The van der Waals surface area contributed by atoms with Gasteiger partial charge in [-0.15, -0.1) is 0 Å². The van der Waals surface area contributed by atoms with E-state index in [4.69, 9.17) is 16.7 Å². The highest BCUT2D eigenvalue weighted by Gasteiger charge is 2.16. The van der Waals surface area contributed by atoms with Crippen molar-refractivity contribution in [1.82, 2.24) is 4.90 Å². The van der Waals surface area contributed by atoms with Crippen molar-refractivity contribution in [2.75, 3.05) is 19.7 Å². The van der Waals surface area contributed by atoms with Crippen molar-refractivity contribution in [2.24, 2.45) is 0 Å². The number of nitrogens with zero attached hydrogens (tertiary/aromatic N) is 1. The lowest BCUT2D eigenvalue weighted by Crippen LogP contribution is -2.32. The zero-order valence-corrected chi connectivity index (χ0v) is 12.0. The molecule has 94 valence electrons. The third kappa shape index (κ3) is 3.98. The van der Waals surface area contributed by atoms with E-state index in [9.17, 15) is 4.79 Å². The summed E-state index contributed by atoms with van der Waals surface area (Å²) in [5.41, 5.74) is 0.487. The van der Waals surface area contributed by atoms with Crippen LogP contribution in [0.25, 0.3) is 0 Å². The first kappa shape index (κ1) is 14.5. The molecule has 0 saturated heterocycles. The number of carbonyl (C=O) groups is 1. The summed E-state index contributed by atoms with van der Waals surface area (Å²) in [4.78, 5) is 13.9. The summed E-state index contributed by atoms with van der Waals surface area (Å²) < 4.78 is 0.823. The average molecular weight is 321 g/mol. The van der Waals surface area contributed by atoms with Gasteiger partial charge in [-0.05, 0) is 31.5 Å². The summed E-state index contributed by atoms with van der Waals surface area (Å²) in [7, 11) is 0. The Morgan fingerprint density at radius 3 is 2.82 bits per heavy atom. The van der Waals surface area contributed by atoms with Crippen LogP contribution in [0.2, 0.25) is 5.02 Å². The minimum atomic E-state index is -0.104. The van der Waals surface area contributed by atoms with Crippen LogP contribution in [0.5, 0.6) is 0 Å². The maximum absolute atomic E-state index is 12.2. The molecule has 17 heavy (non-hydrogen) atoms. The second-order valence-electron chi connectivity index (χ2n) is 3.59. The Hall–Kier alpha value is -0.580. The molecule has 0 heterocycles. The standard InChI is InChI=1S/C12H15BrClNO2/c1-2-15(6-3-7-16)12(17)10-8-9(13)4-5-11(10)14/h4-5,8,16H,2-3,6-7H2,1H3. The van der Waals surface area contributed by atoms with Crippen LogP contribution >= 0.6 is 27.5 Å². The Morgan fingerprint density at radius 2 is 2.24 bits per heavy atom. The molecule has 0 aliphatic heterocycles. The summed E-state index contributed by atoms with van der Waals surface area (Å²) in [6, 6.07) is 5.20. The Balaban J connectivity index is 2.89. The summed E-state index contributed by atoms with van der Waals surface area (Å²) in [6.07, 6.45) is 0.575. The quantitative estimate of drug-likeness (QED) is 0.906. The largest absolute Gasteiger partial charge is 0.396 e. The van der Waals surface area contributed by atoms with Crippen molar-refractivity contribution in [3.8, 4) is 0 Å². The van der Waals surface area contributed by atoms with Crippen LogP contribution in [0.15, 0.2) is 22.7 Å². The second kappa shape index (κ2) is 6.99. The normalized spacial score (nSPS) is 10.4. The van der Waals surface area contributed by atoms with Crippen LogP contribution in [0.3, 0.4) is 0 Å². The van der Waals surface area contributed by atoms with E-state index < -0.39 is 0 Å². The maximum atomic E-state index is 12.2. The topological polar surface area (TPSA) is 40.5 Å². The van der Waals surface area contributed by atoms with Gasteiger partial charge in [0.15, 0.2) is 0 Å². The van der Waals surface area contributed by atoms with Crippen molar-refractivity contribution < 1.29 is 9.90 Å². The number of amides is 1. The molecule has 0 radical (unpaired) electrons. The molecule has 0 aliphatic carbocycles. The van der Waals surface area contributed by atoms with E-state index in [0.717, 1.165) is 4.47 Å². The smallest absolute Gasteiger partial charge is 0.255 e. The molecule has 3 nitrogen and oxygen atoms in total. The summed E-state index contributed by atoms with van der Waals surface area (Å²) >= 11 is 9.33. The Labute approximate surface area is 115 Å². The summed E-state index contributed by atoms with van der Waals surface area (Å²) in [5.74, 6) is -0.104. The first-order valence-electron chi connectivity index (χ1n) is 5.45. The Kier molecular flexibility index (Phi) is 5.95. The SMILES string of the molecule is CCN(CCCO)C(=O)c1cc(Br)ccc1Cl. The van der Waals surface area contributed by atoms with Crippen LogP contribution in [-0.4, -0.2) is 35.6 Å². The van der Waals surface area contributed by atoms with Gasteiger partial charge in [0.05, 0.1) is 10.6 Å². The predicted molar refractivity (Wildman–Crippen MR) is 72.4 cm³/mol. The molecule has 1 rings (SSSR count). The third-order valence-electron chi connectivity index (χ3n) is 2.41. The van der Waals surface area contributed by atoms with Gasteiger partial charge in [-0.3, -0.25) is 4.79 Å². The summed E-state index contributed by atoms with van der Waals surface area (Å²) in [5, 5.41) is 9.24. The minimum absolute atomic E-state index is 0.0794. The lowest BCUT2D eigenvalue weighted by Gasteiger charge is -2.21. The molecule has 1 aromatic rings. The fourth-order valence-corrected chi connectivity index (χ4v) is 2.06.